The van der Waals surface area contributed by atoms with Gasteiger partial charge in [-0.1, -0.05) is 39.2 Å². The molecule has 2 heteroatoms. The molecule has 0 radical (unpaired) electrons. The monoisotopic (exact) mass is 234 g/mol. The maximum atomic E-state index is 4.16. The minimum absolute atomic E-state index is 0.402. The van der Waals surface area contributed by atoms with Gasteiger partial charge in [0.15, 0.2) is 0 Å². The Bertz CT molecular complexity index is 284. The quantitative estimate of drug-likeness (QED) is 0.736. The van der Waals surface area contributed by atoms with Crippen LogP contribution in [0.5, 0.6) is 0 Å². The molecule has 2 nitrogen and oxygen atoms in total. The Morgan fingerprint density at radius 1 is 1.35 bits per heavy atom. The van der Waals surface area contributed by atoms with Crippen molar-refractivity contribution in [1.29, 1.82) is 0 Å². The van der Waals surface area contributed by atoms with E-state index in [-0.39, 0.29) is 0 Å². The normalized spacial score (nSPS) is 14.5. The Morgan fingerprint density at radius 2 is 2.18 bits per heavy atom. The fraction of sp³-hybridized carbons (Fsp3) is 0.667. The molecule has 0 aromatic carbocycles. The van der Waals surface area contributed by atoms with E-state index in [1.54, 1.807) is 0 Å². The van der Waals surface area contributed by atoms with E-state index in [9.17, 15) is 0 Å². The number of nitrogens with one attached hydrogen (secondary N) is 1. The summed E-state index contributed by atoms with van der Waals surface area (Å²) < 4.78 is 0. The van der Waals surface area contributed by atoms with Gasteiger partial charge in [0.05, 0.1) is 0 Å². The lowest BCUT2D eigenvalue weighted by Crippen LogP contribution is -2.25. The highest BCUT2D eigenvalue weighted by molar-refractivity contribution is 5.12. The molecule has 0 saturated heterocycles. The van der Waals surface area contributed by atoms with Crippen molar-refractivity contribution in [3.8, 4) is 0 Å². The van der Waals surface area contributed by atoms with E-state index in [2.05, 4.69) is 37.1 Å². The number of pyridine rings is 1. The van der Waals surface area contributed by atoms with Crippen molar-refractivity contribution in [2.24, 2.45) is 5.92 Å². The van der Waals surface area contributed by atoms with Gasteiger partial charge in [-0.2, -0.15) is 0 Å². The second kappa shape index (κ2) is 8.24. The summed E-state index contributed by atoms with van der Waals surface area (Å²) in [5.41, 5.74) is 1.28. The third-order valence-electron chi connectivity index (χ3n) is 3.44. The van der Waals surface area contributed by atoms with Gasteiger partial charge in [0.1, 0.15) is 0 Å². The van der Waals surface area contributed by atoms with Crippen molar-refractivity contribution >= 4 is 0 Å². The molecule has 1 N–H and O–H groups in total. The zero-order valence-electron chi connectivity index (χ0n) is 11.4. The van der Waals surface area contributed by atoms with E-state index < -0.39 is 0 Å². The van der Waals surface area contributed by atoms with Gasteiger partial charge < -0.3 is 5.32 Å². The molecule has 1 aromatic heterocycles. The number of nitrogens with zero attached hydrogens (tertiary/aromatic N) is 1. The molecule has 0 bridgehead atoms. The Labute approximate surface area is 106 Å². The smallest absolute Gasteiger partial charge is 0.0315 e. The van der Waals surface area contributed by atoms with E-state index in [4.69, 9.17) is 0 Å². The molecule has 1 aromatic rings. The number of hydrogen-bond acceptors (Lipinski definition) is 2. The zero-order chi connectivity index (χ0) is 12.5. The molecule has 1 heterocycles. The van der Waals surface area contributed by atoms with Crippen LogP contribution in [0.2, 0.25) is 0 Å². The van der Waals surface area contributed by atoms with Crippen LogP contribution in [0.25, 0.3) is 0 Å². The summed E-state index contributed by atoms with van der Waals surface area (Å²) in [6, 6.07) is 4.54. The highest BCUT2D eigenvalue weighted by atomic mass is 14.9. The lowest BCUT2D eigenvalue weighted by Gasteiger charge is -2.19. The molecule has 17 heavy (non-hydrogen) atoms. The Morgan fingerprint density at radius 3 is 2.76 bits per heavy atom. The van der Waals surface area contributed by atoms with E-state index in [1.807, 2.05) is 18.5 Å². The molecule has 0 aliphatic rings. The van der Waals surface area contributed by atoms with Gasteiger partial charge in [-0.3, -0.25) is 4.98 Å². The predicted molar refractivity (Wildman–Crippen MR) is 74.0 cm³/mol. The van der Waals surface area contributed by atoms with Crippen LogP contribution in [0, 0.1) is 5.92 Å². The summed E-state index contributed by atoms with van der Waals surface area (Å²) >= 11 is 0. The first kappa shape index (κ1) is 14.2. The lowest BCUT2D eigenvalue weighted by atomic mass is 9.98. The van der Waals surface area contributed by atoms with Gasteiger partial charge in [0, 0.05) is 18.4 Å². The van der Waals surface area contributed by atoms with Gasteiger partial charge in [-0.25, -0.2) is 0 Å². The number of hydrogen-bond donors (Lipinski definition) is 1. The van der Waals surface area contributed by atoms with Crippen LogP contribution in [0.15, 0.2) is 24.5 Å². The highest BCUT2D eigenvalue weighted by Gasteiger charge is 2.09. The molecule has 0 fully saturated rings. The number of rotatable bonds is 8. The minimum atomic E-state index is 0.402. The third-order valence-corrected chi connectivity index (χ3v) is 3.44. The highest BCUT2D eigenvalue weighted by Crippen LogP contribution is 2.15. The topological polar surface area (TPSA) is 24.9 Å². The second-order valence-electron chi connectivity index (χ2n) is 4.83. The first-order valence-corrected chi connectivity index (χ1v) is 6.91. The first-order valence-electron chi connectivity index (χ1n) is 6.91. The first-order chi connectivity index (χ1) is 8.27. The van der Waals surface area contributed by atoms with Crippen molar-refractivity contribution in [1.82, 2.24) is 10.3 Å². The SMILES string of the molecule is CCCCC(CC)CNC(C)c1cccnc1. The van der Waals surface area contributed by atoms with Crippen LogP contribution < -0.4 is 5.32 Å². The standard InChI is InChI=1S/C15H26N2/c1-4-6-8-14(5-2)11-17-13(3)15-9-7-10-16-12-15/h7,9-10,12-14,17H,4-6,8,11H2,1-3H3. The zero-order valence-corrected chi connectivity index (χ0v) is 11.4. The van der Waals surface area contributed by atoms with Crippen LogP contribution in [0.1, 0.15) is 58.1 Å². The fourth-order valence-corrected chi connectivity index (χ4v) is 2.04. The van der Waals surface area contributed by atoms with Crippen LogP contribution in [0.4, 0.5) is 0 Å². The van der Waals surface area contributed by atoms with Gasteiger partial charge in [-0.05, 0) is 37.4 Å². The maximum absolute atomic E-state index is 4.16. The van der Waals surface area contributed by atoms with Crippen molar-refractivity contribution in [2.75, 3.05) is 6.54 Å². The van der Waals surface area contributed by atoms with Gasteiger partial charge in [0.25, 0.3) is 0 Å². The van der Waals surface area contributed by atoms with Crippen molar-refractivity contribution < 1.29 is 0 Å². The minimum Gasteiger partial charge on any atom is -0.310 e. The van der Waals surface area contributed by atoms with Crippen molar-refractivity contribution in [3.05, 3.63) is 30.1 Å². The Balaban J connectivity index is 2.33. The summed E-state index contributed by atoms with van der Waals surface area (Å²) in [7, 11) is 0. The third kappa shape index (κ3) is 5.31. The van der Waals surface area contributed by atoms with Crippen molar-refractivity contribution in [2.45, 2.75) is 52.5 Å². The van der Waals surface area contributed by atoms with E-state index in [0.29, 0.717) is 6.04 Å². The Hall–Kier alpha value is -0.890. The molecular weight excluding hydrogens is 208 g/mol. The molecular formula is C15H26N2. The van der Waals surface area contributed by atoms with Crippen LogP contribution >= 0.6 is 0 Å². The summed E-state index contributed by atoms with van der Waals surface area (Å²) in [5, 5.41) is 3.62. The molecule has 0 aliphatic heterocycles. The largest absolute Gasteiger partial charge is 0.310 e. The van der Waals surface area contributed by atoms with E-state index in [1.165, 1.54) is 31.2 Å². The number of unbranched alkanes of at least 4 members (excludes halogenated alkanes) is 1. The lowest BCUT2D eigenvalue weighted by molar-refractivity contribution is 0.398. The van der Waals surface area contributed by atoms with Gasteiger partial charge in [-0.15, -0.1) is 0 Å². The molecule has 0 saturated carbocycles. The summed E-state index contributed by atoms with van der Waals surface area (Å²) in [6.45, 7) is 7.88. The predicted octanol–water partition coefficient (Wildman–Crippen LogP) is 3.95. The second-order valence-corrected chi connectivity index (χ2v) is 4.83. The van der Waals surface area contributed by atoms with Crippen molar-refractivity contribution in [3.63, 3.8) is 0 Å². The molecule has 96 valence electrons. The van der Waals surface area contributed by atoms with E-state index >= 15 is 0 Å². The average molecular weight is 234 g/mol. The van der Waals surface area contributed by atoms with Crippen LogP contribution in [-0.2, 0) is 0 Å². The Kier molecular flexibility index (Phi) is 6.87. The average Bonchev–Trinajstić information content (AvgIpc) is 2.39. The summed E-state index contributed by atoms with van der Waals surface area (Å²) in [5.74, 6) is 0.814. The molecule has 1 rings (SSSR count). The fourth-order valence-electron chi connectivity index (χ4n) is 2.04. The van der Waals surface area contributed by atoms with Gasteiger partial charge >= 0.3 is 0 Å². The maximum Gasteiger partial charge on any atom is 0.0315 e. The van der Waals surface area contributed by atoms with Gasteiger partial charge in [0.2, 0.25) is 0 Å². The summed E-state index contributed by atoms with van der Waals surface area (Å²) in [6.07, 6.45) is 9.04. The number of aromatic nitrogens is 1. The molecule has 2 atom stereocenters. The molecule has 0 spiro atoms. The molecule has 2 unspecified atom stereocenters. The molecule has 0 amide bonds. The van der Waals surface area contributed by atoms with E-state index in [0.717, 1.165) is 12.5 Å². The summed E-state index contributed by atoms with van der Waals surface area (Å²) in [4.78, 5) is 4.16. The van der Waals surface area contributed by atoms with Crippen LogP contribution in [-0.4, -0.2) is 11.5 Å². The van der Waals surface area contributed by atoms with Crippen LogP contribution in [0.3, 0.4) is 0 Å². The molecule has 0 aliphatic carbocycles.